The first-order valence-electron chi connectivity index (χ1n) is 6.46. The zero-order valence-corrected chi connectivity index (χ0v) is 11.2. The molecule has 0 saturated carbocycles. The van der Waals surface area contributed by atoms with Gasteiger partial charge in [0.25, 0.3) is 0 Å². The molecule has 3 aromatic rings. The van der Waals surface area contributed by atoms with Gasteiger partial charge >= 0.3 is 0 Å². The molecular formula is C17H12N4. The van der Waals surface area contributed by atoms with Crippen LogP contribution in [0.4, 0.5) is 5.82 Å². The standard InChI is InChI=1S/C17H12N4/c18-10-15-14(12-5-2-1-3-6-12)9-16(21-17(15)19)13-7-4-8-20-11-13/h1-9,11H,(H2,19,21). The van der Waals surface area contributed by atoms with Crippen LogP contribution in [0.1, 0.15) is 5.56 Å². The number of nitrogens with two attached hydrogens (primary N) is 1. The second-order valence-electron chi connectivity index (χ2n) is 4.53. The molecule has 0 aliphatic heterocycles. The van der Waals surface area contributed by atoms with E-state index in [1.807, 2.05) is 48.5 Å². The van der Waals surface area contributed by atoms with Crippen LogP contribution in [0.2, 0.25) is 0 Å². The van der Waals surface area contributed by atoms with Crippen LogP contribution >= 0.6 is 0 Å². The lowest BCUT2D eigenvalue weighted by atomic mass is 9.99. The topological polar surface area (TPSA) is 75.6 Å². The number of nitrogen functional groups attached to an aromatic ring is 1. The minimum absolute atomic E-state index is 0.234. The summed E-state index contributed by atoms with van der Waals surface area (Å²) in [7, 11) is 0. The van der Waals surface area contributed by atoms with Crippen LogP contribution in [0.5, 0.6) is 0 Å². The Morgan fingerprint density at radius 3 is 2.43 bits per heavy atom. The Hall–Kier alpha value is -3.19. The Morgan fingerprint density at radius 1 is 1.00 bits per heavy atom. The van der Waals surface area contributed by atoms with Crippen molar-refractivity contribution >= 4 is 5.82 Å². The van der Waals surface area contributed by atoms with Crippen LogP contribution in [0.15, 0.2) is 60.9 Å². The van der Waals surface area contributed by atoms with Gasteiger partial charge in [-0.1, -0.05) is 30.3 Å². The number of anilines is 1. The summed E-state index contributed by atoms with van der Waals surface area (Å²) in [5, 5.41) is 9.34. The van der Waals surface area contributed by atoms with Crippen molar-refractivity contribution in [3.05, 3.63) is 66.5 Å². The Bertz CT molecular complexity index is 805. The third kappa shape index (κ3) is 2.45. The lowest BCUT2D eigenvalue weighted by Gasteiger charge is -2.09. The summed E-state index contributed by atoms with van der Waals surface area (Å²) in [6.07, 6.45) is 3.43. The summed E-state index contributed by atoms with van der Waals surface area (Å²) in [5.74, 6) is 0.234. The molecule has 0 fully saturated rings. The van der Waals surface area contributed by atoms with Gasteiger partial charge in [0.15, 0.2) is 0 Å². The van der Waals surface area contributed by atoms with Crippen molar-refractivity contribution in [3.63, 3.8) is 0 Å². The Labute approximate surface area is 122 Å². The quantitative estimate of drug-likeness (QED) is 0.776. The lowest BCUT2D eigenvalue weighted by Crippen LogP contribution is -1.99. The molecule has 2 N–H and O–H groups in total. The fourth-order valence-electron chi connectivity index (χ4n) is 2.19. The van der Waals surface area contributed by atoms with Gasteiger partial charge in [0, 0.05) is 23.5 Å². The zero-order chi connectivity index (χ0) is 14.7. The van der Waals surface area contributed by atoms with E-state index in [0.29, 0.717) is 11.3 Å². The maximum absolute atomic E-state index is 9.34. The summed E-state index contributed by atoms with van der Waals surface area (Å²) in [4.78, 5) is 8.41. The maximum atomic E-state index is 9.34. The molecule has 0 bridgehead atoms. The van der Waals surface area contributed by atoms with E-state index < -0.39 is 0 Å². The van der Waals surface area contributed by atoms with Crippen molar-refractivity contribution in [1.82, 2.24) is 9.97 Å². The van der Waals surface area contributed by atoms with Gasteiger partial charge in [-0.3, -0.25) is 4.98 Å². The van der Waals surface area contributed by atoms with Gasteiger partial charge in [-0.15, -0.1) is 0 Å². The van der Waals surface area contributed by atoms with E-state index >= 15 is 0 Å². The molecule has 2 aromatic heterocycles. The number of rotatable bonds is 2. The molecule has 0 aliphatic carbocycles. The molecule has 4 heteroatoms. The van der Waals surface area contributed by atoms with E-state index in [1.165, 1.54) is 0 Å². The summed E-state index contributed by atoms with van der Waals surface area (Å²) in [6.45, 7) is 0. The van der Waals surface area contributed by atoms with Gasteiger partial charge in [0.05, 0.1) is 5.69 Å². The van der Waals surface area contributed by atoms with E-state index in [2.05, 4.69) is 16.0 Å². The maximum Gasteiger partial charge on any atom is 0.142 e. The van der Waals surface area contributed by atoms with Crippen LogP contribution in [-0.4, -0.2) is 9.97 Å². The summed E-state index contributed by atoms with van der Waals surface area (Å²) >= 11 is 0. The molecule has 0 atom stereocenters. The van der Waals surface area contributed by atoms with Crippen LogP contribution in [0.25, 0.3) is 22.4 Å². The SMILES string of the molecule is N#Cc1c(-c2ccccc2)cc(-c2cccnc2)nc1N. The largest absolute Gasteiger partial charge is 0.383 e. The average molecular weight is 272 g/mol. The van der Waals surface area contributed by atoms with Gasteiger partial charge in [-0.2, -0.15) is 5.26 Å². The number of nitriles is 1. The van der Waals surface area contributed by atoms with Crippen molar-refractivity contribution < 1.29 is 0 Å². The van der Waals surface area contributed by atoms with E-state index in [4.69, 9.17) is 5.73 Å². The summed E-state index contributed by atoms with van der Waals surface area (Å²) in [6, 6.07) is 17.4. The molecule has 0 amide bonds. The first-order chi connectivity index (χ1) is 10.3. The summed E-state index contributed by atoms with van der Waals surface area (Å²) < 4.78 is 0. The molecule has 0 aliphatic rings. The third-order valence-corrected chi connectivity index (χ3v) is 3.20. The number of pyridine rings is 2. The minimum Gasteiger partial charge on any atom is -0.383 e. The van der Waals surface area contributed by atoms with E-state index in [0.717, 1.165) is 16.7 Å². The second kappa shape index (κ2) is 5.43. The van der Waals surface area contributed by atoms with Crippen molar-refractivity contribution in [2.45, 2.75) is 0 Å². The van der Waals surface area contributed by atoms with Gasteiger partial charge in [0.1, 0.15) is 17.5 Å². The van der Waals surface area contributed by atoms with Crippen molar-refractivity contribution in [2.24, 2.45) is 0 Å². The van der Waals surface area contributed by atoms with Crippen LogP contribution in [0, 0.1) is 11.3 Å². The molecule has 1 aromatic carbocycles. The smallest absolute Gasteiger partial charge is 0.142 e. The van der Waals surface area contributed by atoms with Crippen molar-refractivity contribution in [1.29, 1.82) is 5.26 Å². The number of benzene rings is 1. The van der Waals surface area contributed by atoms with Crippen LogP contribution in [-0.2, 0) is 0 Å². The van der Waals surface area contributed by atoms with Crippen molar-refractivity contribution in [3.8, 4) is 28.5 Å². The molecule has 0 saturated heterocycles. The monoisotopic (exact) mass is 272 g/mol. The molecule has 4 nitrogen and oxygen atoms in total. The van der Waals surface area contributed by atoms with Crippen LogP contribution < -0.4 is 5.73 Å². The highest BCUT2D eigenvalue weighted by Gasteiger charge is 2.13. The molecule has 0 radical (unpaired) electrons. The zero-order valence-electron chi connectivity index (χ0n) is 11.2. The molecule has 2 heterocycles. The van der Waals surface area contributed by atoms with E-state index in [-0.39, 0.29) is 5.82 Å². The fourth-order valence-corrected chi connectivity index (χ4v) is 2.19. The lowest BCUT2D eigenvalue weighted by molar-refractivity contribution is 1.27. The normalized spacial score (nSPS) is 10.0. The van der Waals surface area contributed by atoms with Gasteiger partial charge < -0.3 is 5.73 Å². The average Bonchev–Trinajstić information content (AvgIpc) is 2.55. The fraction of sp³-hybridized carbons (Fsp3) is 0. The number of hydrogen-bond donors (Lipinski definition) is 1. The first kappa shape index (κ1) is 12.8. The molecule has 21 heavy (non-hydrogen) atoms. The third-order valence-electron chi connectivity index (χ3n) is 3.20. The predicted octanol–water partition coefficient (Wildman–Crippen LogP) is 3.26. The van der Waals surface area contributed by atoms with Gasteiger partial charge in [0.2, 0.25) is 0 Å². The Morgan fingerprint density at radius 2 is 1.76 bits per heavy atom. The van der Waals surface area contributed by atoms with Gasteiger partial charge in [-0.25, -0.2) is 4.98 Å². The second-order valence-corrected chi connectivity index (χ2v) is 4.53. The highest BCUT2D eigenvalue weighted by Crippen LogP contribution is 2.30. The predicted molar refractivity (Wildman–Crippen MR) is 82.0 cm³/mol. The first-order valence-corrected chi connectivity index (χ1v) is 6.46. The summed E-state index contributed by atoms with van der Waals surface area (Å²) in [5.41, 5.74) is 9.64. The molecule has 0 spiro atoms. The molecule has 0 unspecified atom stereocenters. The van der Waals surface area contributed by atoms with Crippen LogP contribution in [0.3, 0.4) is 0 Å². The highest BCUT2D eigenvalue weighted by molar-refractivity contribution is 5.79. The highest BCUT2D eigenvalue weighted by atomic mass is 14.8. The Kier molecular flexibility index (Phi) is 3.32. The Balaban J connectivity index is 2.24. The molecular weight excluding hydrogens is 260 g/mol. The van der Waals surface area contributed by atoms with E-state index in [9.17, 15) is 5.26 Å². The minimum atomic E-state index is 0.234. The van der Waals surface area contributed by atoms with Gasteiger partial charge in [-0.05, 0) is 23.8 Å². The number of aromatic nitrogens is 2. The number of nitrogens with zero attached hydrogens (tertiary/aromatic N) is 3. The van der Waals surface area contributed by atoms with E-state index in [1.54, 1.807) is 12.4 Å². The number of hydrogen-bond acceptors (Lipinski definition) is 4. The molecule has 3 rings (SSSR count). The van der Waals surface area contributed by atoms with Crippen molar-refractivity contribution in [2.75, 3.05) is 5.73 Å². The molecule has 100 valence electrons.